The van der Waals surface area contributed by atoms with Gasteiger partial charge in [0, 0.05) is 19.8 Å². The monoisotopic (exact) mass is 302 g/mol. The van der Waals surface area contributed by atoms with Gasteiger partial charge in [0.2, 0.25) is 6.29 Å². The van der Waals surface area contributed by atoms with E-state index in [1.54, 1.807) is 14.2 Å². The molecule has 0 aromatic heterocycles. The fraction of sp³-hybridized carbons (Fsp3) is 0.333. The molecule has 0 heterocycles. The average molecular weight is 302 g/mol. The smallest absolute Gasteiger partial charge is 0.206 e. The number of aliphatic hydroxyl groups is 1. The largest absolute Gasteiger partial charge is 0.382 e. The Bertz CT molecular complexity index is 529. The Kier molecular flexibility index (Phi) is 6.55. The van der Waals surface area contributed by atoms with E-state index in [4.69, 9.17) is 9.47 Å². The first kappa shape index (κ1) is 16.6. The first-order valence-electron chi connectivity index (χ1n) is 7.43. The Morgan fingerprint density at radius 2 is 1.36 bits per heavy atom. The topological polar surface area (TPSA) is 55.3 Å². The molecule has 2 aromatic carbocycles. The third-order valence-electron chi connectivity index (χ3n) is 3.77. The van der Waals surface area contributed by atoms with E-state index in [1.165, 1.54) is 0 Å². The van der Waals surface area contributed by atoms with Gasteiger partial charge in [-0.3, -0.25) is 0 Å². The van der Waals surface area contributed by atoms with Gasteiger partial charge in [-0.05, 0) is 5.56 Å². The number of hydrogen-bond donors (Lipinski definition) is 2. The number of aliphatic hydroxyl groups excluding tert-OH is 1. The first-order chi connectivity index (χ1) is 10.8. The van der Waals surface area contributed by atoms with Crippen LogP contribution in [0.1, 0.15) is 23.3 Å². The zero-order valence-electron chi connectivity index (χ0n) is 13.1. The highest BCUT2D eigenvalue weighted by Gasteiger charge is 2.26. The molecule has 0 amide bonds. The van der Waals surface area contributed by atoms with Crippen LogP contribution in [0.4, 0.5) is 0 Å². The van der Waals surface area contributed by atoms with E-state index in [0.717, 1.165) is 11.1 Å². The van der Waals surface area contributed by atoms with Crippen LogP contribution >= 0.6 is 0 Å². The van der Waals surface area contributed by atoms with Gasteiger partial charge < -0.3 is 19.9 Å². The van der Waals surface area contributed by atoms with E-state index in [2.05, 4.69) is 5.32 Å². The van der Waals surface area contributed by atoms with E-state index >= 15 is 0 Å². The van der Waals surface area contributed by atoms with Crippen LogP contribution in [0, 0.1) is 0 Å². The van der Waals surface area contributed by atoms with Crippen LogP contribution in [0.15, 0.2) is 60.7 Å². The van der Waals surface area contributed by atoms with Gasteiger partial charge >= 0.3 is 0 Å². The molecule has 2 rings (SSSR count). The first-order valence-corrected chi connectivity index (χ1v) is 7.43. The standard InChI is InChI=1S/C18H23NO3/c1-21-16(22-2)13-19-17(14-9-5-3-6-10-14)18(20)15-11-7-4-8-12-15/h3-12,16-20H,13H2,1-2H3/p+1/t17-,18-/m1/s1. The lowest BCUT2D eigenvalue weighted by atomic mass is 9.96. The van der Waals surface area contributed by atoms with Crippen LogP contribution in [0.5, 0.6) is 0 Å². The van der Waals surface area contributed by atoms with E-state index in [0.29, 0.717) is 6.54 Å². The summed E-state index contributed by atoms with van der Waals surface area (Å²) < 4.78 is 10.5. The Morgan fingerprint density at radius 1 is 0.864 bits per heavy atom. The Hall–Kier alpha value is -1.72. The molecule has 0 saturated heterocycles. The van der Waals surface area contributed by atoms with Gasteiger partial charge in [-0.1, -0.05) is 60.7 Å². The van der Waals surface area contributed by atoms with Crippen LogP contribution in [0.25, 0.3) is 0 Å². The third-order valence-corrected chi connectivity index (χ3v) is 3.77. The van der Waals surface area contributed by atoms with E-state index in [1.807, 2.05) is 60.7 Å². The predicted octanol–water partition coefficient (Wildman–Crippen LogP) is 1.64. The van der Waals surface area contributed by atoms with Gasteiger partial charge in [0.1, 0.15) is 18.7 Å². The molecule has 0 aliphatic heterocycles. The molecule has 4 heteroatoms. The van der Waals surface area contributed by atoms with E-state index in [9.17, 15) is 5.11 Å². The second kappa shape index (κ2) is 8.66. The van der Waals surface area contributed by atoms with Crippen molar-refractivity contribution in [3.05, 3.63) is 71.8 Å². The molecule has 22 heavy (non-hydrogen) atoms. The van der Waals surface area contributed by atoms with Crippen LogP contribution in [0.3, 0.4) is 0 Å². The zero-order valence-corrected chi connectivity index (χ0v) is 13.1. The van der Waals surface area contributed by atoms with Gasteiger partial charge in [0.05, 0.1) is 0 Å². The molecule has 3 N–H and O–H groups in total. The summed E-state index contributed by atoms with van der Waals surface area (Å²) in [5, 5.41) is 12.8. The SMILES string of the molecule is COC(C[NH2+][C@H](c1ccccc1)[C@H](O)c1ccccc1)OC. The number of nitrogens with two attached hydrogens (primary N) is 1. The molecule has 4 nitrogen and oxygen atoms in total. The van der Waals surface area contributed by atoms with Gasteiger partial charge in [-0.2, -0.15) is 0 Å². The summed E-state index contributed by atoms with van der Waals surface area (Å²) in [6.07, 6.45) is -0.896. The summed E-state index contributed by atoms with van der Waals surface area (Å²) >= 11 is 0. The summed E-state index contributed by atoms with van der Waals surface area (Å²) in [7, 11) is 3.24. The molecule has 0 aliphatic carbocycles. The van der Waals surface area contributed by atoms with Crippen molar-refractivity contribution < 1.29 is 19.9 Å². The number of ether oxygens (including phenoxy) is 2. The third kappa shape index (κ3) is 4.39. The number of benzene rings is 2. The quantitative estimate of drug-likeness (QED) is 0.729. The molecule has 2 aromatic rings. The van der Waals surface area contributed by atoms with E-state index < -0.39 is 6.10 Å². The van der Waals surface area contributed by atoms with Crippen molar-refractivity contribution in [3.8, 4) is 0 Å². The highest BCUT2D eigenvalue weighted by atomic mass is 16.7. The van der Waals surface area contributed by atoms with Crippen LogP contribution in [-0.4, -0.2) is 32.2 Å². The summed E-state index contributed by atoms with van der Waals surface area (Å²) in [4.78, 5) is 0. The molecule has 0 saturated carbocycles. The Labute approximate surface area is 131 Å². The molecular weight excluding hydrogens is 278 g/mol. The maximum atomic E-state index is 10.8. The van der Waals surface area contributed by atoms with Crippen LogP contribution in [0.2, 0.25) is 0 Å². The van der Waals surface area contributed by atoms with Crippen molar-refractivity contribution in [1.82, 2.24) is 0 Å². The van der Waals surface area contributed by atoms with Crippen LogP contribution in [-0.2, 0) is 9.47 Å². The minimum atomic E-state index is -0.599. The van der Waals surface area contributed by atoms with Crippen molar-refractivity contribution in [2.45, 2.75) is 18.4 Å². The summed E-state index contributed by atoms with van der Waals surface area (Å²) in [5.74, 6) is 0. The van der Waals surface area contributed by atoms with Crippen molar-refractivity contribution in [1.29, 1.82) is 0 Å². The lowest BCUT2D eigenvalue weighted by Crippen LogP contribution is -2.88. The molecule has 118 valence electrons. The number of methoxy groups -OCH3 is 2. The Balaban J connectivity index is 2.18. The molecule has 0 radical (unpaired) electrons. The second-order valence-electron chi connectivity index (χ2n) is 5.16. The lowest BCUT2D eigenvalue weighted by Gasteiger charge is -2.23. The van der Waals surface area contributed by atoms with Gasteiger partial charge in [0.25, 0.3) is 0 Å². The lowest BCUT2D eigenvalue weighted by molar-refractivity contribution is -0.715. The molecule has 0 fully saturated rings. The number of rotatable bonds is 8. The van der Waals surface area contributed by atoms with Crippen molar-refractivity contribution >= 4 is 0 Å². The minimum absolute atomic E-state index is 0.114. The highest BCUT2D eigenvalue weighted by Crippen LogP contribution is 2.25. The molecule has 0 bridgehead atoms. The maximum Gasteiger partial charge on any atom is 0.206 e. The zero-order chi connectivity index (χ0) is 15.8. The molecule has 0 unspecified atom stereocenters. The van der Waals surface area contributed by atoms with E-state index in [-0.39, 0.29) is 12.3 Å². The predicted molar refractivity (Wildman–Crippen MR) is 85.2 cm³/mol. The van der Waals surface area contributed by atoms with Gasteiger partial charge in [-0.25, -0.2) is 0 Å². The molecular formula is C18H24NO3+. The number of hydrogen-bond acceptors (Lipinski definition) is 3. The summed E-state index contributed by atoms with van der Waals surface area (Å²) in [6, 6.07) is 19.6. The van der Waals surface area contributed by atoms with Crippen molar-refractivity contribution in [2.24, 2.45) is 0 Å². The minimum Gasteiger partial charge on any atom is -0.382 e. The second-order valence-corrected chi connectivity index (χ2v) is 5.16. The van der Waals surface area contributed by atoms with Crippen molar-refractivity contribution in [3.63, 3.8) is 0 Å². The van der Waals surface area contributed by atoms with Gasteiger partial charge in [-0.15, -0.1) is 0 Å². The molecule has 0 aliphatic rings. The molecule has 2 atom stereocenters. The normalized spacial score (nSPS) is 14.0. The number of quaternary nitrogens is 1. The van der Waals surface area contributed by atoms with Crippen LogP contribution < -0.4 is 5.32 Å². The fourth-order valence-electron chi connectivity index (χ4n) is 2.53. The highest BCUT2D eigenvalue weighted by molar-refractivity contribution is 5.24. The maximum absolute atomic E-state index is 10.8. The summed E-state index contributed by atoms with van der Waals surface area (Å²) in [5.41, 5.74) is 1.98. The molecule has 0 spiro atoms. The average Bonchev–Trinajstić information content (AvgIpc) is 2.60. The summed E-state index contributed by atoms with van der Waals surface area (Å²) in [6.45, 7) is 0.608. The van der Waals surface area contributed by atoms with Gasteiger partial charge in [0.15, 0.2) is 0 Å². The fourth-order valence-corrected chi connectivity index (χ4v) is 2.53. The van der Waals surface area contributed by atoms with Crippen molar-refractivity contribution in [2.75, 3.05) is 20.8 Å². The Morgan fingerprint density at radius 3 is 1.86 bits per heavy atom.